The zero-order valence-corrected chi connectivity index (χ0v) is 20.4. The van der Waals surface area contributed by atoms with Crippen LogP contribution in [0.5, 0.6) is 0 Å². The Bertz CT molecular complexity index is 748. The van der Waals surface area contributed by atoms with E-state index in [0.29, 0.717) is 11.3 Å². The summed E-state index contributed by atoms with van der Waals surface area (Å²) in [5.74, 6) is 7.43. The molecule has 5 rings (SSSR count). The van der Waals surface area contributed by atoms with Gasteiger partial charge in [-0.05, 0) is 124 Å². The second-order valence-corrected chi connectivity index (χ2v) is 12.1. The molecule has 0 N–H and O–H groups in total. The number of aryl methyl sites for hydroxylation is 1. The quantitative estimate of drug-likeness (QED) is 0.541. The molecular weight excluding hydrogens is 380 g/mol. The van der Waals surface area contributed by atoms with Crippen LogP contribution in [0.2, 0.25) is 0 Å². The van der Waals surface area contributed by atoms with Crippen molar-refractivity contribution in [1.29, 1.82) is 0 Å². The Hall–Kier alpha value is -0.960. The monoisotopic (exact) mass is 424 g/mol. The van der Waals surface area contributed by atoms with Crippen molar-refractivity contribution in [2.24, 2.45) is 52.8 Å². The normalized spacial score (nSPS) is 43.0. The maximum atomic E-state index is 5.51. The molecule has 4 aliphatic rings. The minimum Gasteiger partial charge on any atom is -0.384 e. The maximum absolute atomic E-state index is 5.51. The van der Waals surface area contributed by atoms with E-state index in [1.165, 1.54) is 63.5 Å². The number of methoxy groups -OCH3 is 1. The Balaban J connectivity index is 1.27. The molecule has 3 nitrogen and oxygen atoms in total. The van der Waals surface area contributed by atoms with Gasteiger partial charge >= 0.3 is 0 Å². The largest absolute Gasteiger partial charge is 0.384 e. The molecule has 0 bridgehead atoms. The minimum atomic E-state index is 0.554. The summed E-state index contributed by atoms with van der Waals surface area (Å²) in [7, 11) is 1.88. The summed E-state index contributed by atoms with van der Waals surface area (Å²) in [6.07, 6.45) is 18.3. The molecule has 1 aromatic rings. The number of ether oxygens (including phenoxy) is 1. The van der Waals surface area contributed by atoms with Gasteiger partial charge in [0.2, 0.25) is 0 Å². The van der Waals surface area contributed by atoms with Crippen LogP contribution in [-0.2, 0) is 11.2 Å². The van der Waals surface area contributed by atoms with Gasteiger partial charge < -0.3 is 4.74 Å². The van der Waals surface area contributed by atoms with Crippen LogP contribution in [0.4, 0.5) is 0 Å². The molecule has 0 aliphatic heterocycles. The standard InChI is InChI=1S/C28H44N2O/c1-18(13-22-16-29-19(2)15-30-22)26-9-10-27-25-8-6-21-14-20(17-31-4)5-7-23(21)24(25)11-12-28(26,27)3/h15-16,18,20-21,23-27H,5-14,17H2,1-4H3/t18-,20+,21-,23+,24?,25-,26?,27?,28-/m1/s1. The van der Waals surface area contributed by atoms with Crippen LogP contribution in [0.15, 0.2) is 12.4 Å². The molecule has 4 saturated carbocycles. The lowest BCUT2D eigenvalue weighted by atomic mass is 9.48. The summed E-state index contributed by atoms with van der Waals surface area (Å²) in [6.45, 7) is 8.20. The second kappa shape index (κ2) is 8.76. The molecular formula is C28H44N2O. The molecule has 0 saturated heterocycles. The van der Waals surface area contributed by atoms with E-state index in [1.54, 1.807) is 0 Å². The first-order chi connectivity index (χ1) is 15.0. The predicted octanol–water partition coefficient (Wildman–Crippen LogP) is 6.50. The topological polar surface area (TPSA) is 35.0 Å². The highest BCUT2D eigenvalue weighted by atomic mass is 16.5. The van der Waals surface area contributed by atoms with Crippen LogP contribution < -0.4 is 0 Å². The average Bonchev–Trinajstić information content (AvgIpc) is 3.12. The Morgan fingerprint density at radius 3 is 2.61 bits per heavy atom. The zero-order valence-electron chi connectivity index (χ0n) is 20.4. The number of fused-ring (bicyclic) bond motifs is 5. The van der Waals surface area contributed by atoms with Gasteiger partial charge in [-0.25, -0.2) is 0 Å². The number of hydrogen-bond donors (Lipinski definition) is 0. The second-order valence-electron chi connectivity index (χ2n) is 12.1. The van der Waals surface area contributed by atoms with Gasteiger partial charge in [-0.15, -0.1) is 0 Å². The van der Waals surface area contributed by atoms with Gasteiger partial charge in [-0.3, -0.25) is 9.97 Å². The Labute approximate surface area is 190 Å². The fourth-order valence-electron chi connectivity index (χ4n) is 9.31. The zero-order chi connectivity index (χ0) is 21.6. The lowest BCUT2D eigenvalue weighted by molar-refractivity contribution is -0.0769. The summed E-state index contributed by atoms with van der Waals surface area (Å²) in [6, 6.07) is 0. The van der Waals surface area contributed by atoms with Crippen LogP contribution >= 0.6 is 0 Å². The van der Waals surface area contributed by atoms with Gasteiger partial charge in [0.05, 0.1) is 11.4 Å². The highest BCUT2D eigenvalue weighted by Gasteiger charge is 2.57. The Kier molecular flexibility index (Phi) is 6.18. The fourth-order valence-corrected chi connectivity index (χ4v) is 9.31. The molecule has 4 aliphatic carbocycles. The molecule has 1 aromatic heterocycles. The van der Waals surface area contributed by atoms with Gasteiger partial charge in [0.25, 0.3) is 0 Å². The highest BCUT2D eigenvalue weighted by molar-refractivity contribution is 5.09. The van der Waals surface area contributed by atoms with E-state index in [9.17, 15) is 0 Å². The van der Waals surface area contributed by atoms with Crippen molar-refractivity contribution < 1.29 is 4.74 Å². The van der Waals surface area contributed by atoms with Gasteiger partial charge in [0, 0.05) is 26.1 Å². The summed E-state index contributed by atoms with van der Waals surface area (Å²) in [5.41, 5.74) is 2.76. The van der Waals surface area contributed by atoms with Crippen molar-refractivity contribution in [3.8, 4) is 0 Å². The molecule has 1 heterocycles. The van der Waals surface area contributed by atoms with E-state index >= 15 is 0 Å². The lowest BCUT2D eigenvalue weighted by Gasteiger charge is -2.57. The van der Waals surface area contributed by atoms with E-state index < -0.39 is 0 Å². The number of rotatable bonds is 5. The first kappa shape index (κ1) is 21.9. The summed E-state index contributed by atoms with van der Waals surface area (Å²) < 4.78 is 5.51. The molecule has 31 heavy (non-hydrogen) atoms. The van der Waals surface area contributed by atoms with E-state index in [0.717, 1.165) is 60.1 Å². The SMILES string of the molecule is COC[C@H]1CC[C@@H]2C3CC[C@@]4(C)C(CCC4[C@H](C)Cc4cnc(C)cn4)[C@@H]3CC[C@@H]2C1. The third kappa shape index (κ3) is 3.98. The summed E-state index contributed by atoms with van der Waals surface area (Å²) in [4.78, 5) is 9.17. The molecule has 172 valence electrons. The van der Waals surface area contributed by atoms with Crippen LogP contribution in [-0.4, -0.2) is 23.7 Å². The van der Waals surface area contributed by atoms with Crippen molar-refractivity contribution >= 4 is 0 Å². The van der Waals surface area contributed by atoms with E-state index in [-0.39, 0.29) is 0 Å². The number of hydrogen-bond acceptors (Lipinski definition) is 3. The van der Waals surface area contributed by atoms with Gasteiger partial charge in [-0.2, -0.15) is 0 Å². The van der Waals surface area contributed by atoms with Crippen molar-refractivity contribution in [2.75, 3.05) is 13.7 Å². The first-order valence-electron chi connectivity index (χ1n) is 13.3. The van der Waals surface area contributed by atoms with E-state index in [4.69, 9.17) is 4.74 Å². The van der Waals surface area contributed by atoms with Gasteiger partial charge in [-0.1, -0.05) is 13.8 Å². The van der Waals surface area contributed by atoms with Crippen LogP contribution in [0.1, 0.15) is 83.0 Å². The van der Waals surface area contributed by atoms with Crippen LogP contribution in [0, 0.1) is 59.7 Å². The van der Waals surface area contributed by atoms with Crippen LogP contribution in [0.25, 0.3) is 0 Å². The van der Waals surface area contributed by atoms with Crippen molar-refractivity contribution in [3.63, 3.8) is 0 Å². The highest BCUT2D eigenvalue weighted by Crippen LogP contribution is 2.65. The Morgan fingerprint density at radius 2 is 1.84 bits per heavy atom. The molecule has 0 spiro atoms. The predicted molar refractivity (Wildman–Crippen MR) is 126 cm³/mol. The smallest absolute Gasteiger partial charge is 0.0589 e. The third-order valence-corrected chi connectivity index (χ3v) is 10.6. The van der Waals surface area contributed by atoms with Crippen LogP contribution in [0.3, 0.4) is 0 Å². The fraction of sp³-hybridized carbons (Fsp3) is 0.857. The van der Waals surface area contributed by atoms with E-state index in [1.807, 2.05) is 26.4 Å². The molecule has 0 amide bonds. The molecule has 3 heteroatoms. The minimum absolute atomic E-state index is 0.554. The molecule has 9 atom stereocenters. The average molecular weight is 425 g/mol. The number of nitrogens with zero attached hydrogens (tertiary/aromatic N) is 2. The molecule has 4 fully saturated rings. The molecule has 0 aromatic carbocycles. The summed E-state index contributed by atoms with van der Waals surface area (Å²) in [5, 5.41) is 0. The van der Waals surface area contributed by atoms with Gasteiger partial charge in [0.15, 0.2) is 0 Å². The number of aromatic nitrogens is 2. The summed E-state index contributed by atoms with van der Waals surface area (Å²) >= 11 is 0. The Morgan fingerprint density at radius 1 is 1.00 bits per heavy atom. The third-order valence-electron chi connectivity index (χ3n) is 10.6. The van der Waals surface area contributed by atoms with Crippen molar-refractivity contribution in [1.82, 2.24) is 9.97 Å². The lowest BCUT2D eigenvalue weighted by Crippen LogP contribution is -2.49. The van der Waals surface area contributed by atoms with Crippen molar-refractivity contribution in [2.45, 2.75) is 85.0 Å². The first-order valence-corrected chi connectivity index (χ1v) is 13.3. The van der Waals surface area contributed by atoms with E-state index in [2.05, 4.69) is 23.8 Å². The molecule has 0 radical (unpaired) electrons. The van der Waals surface area contributed by atoms with Crippen molar-refractivity contribution in [3.05, 3.63) is 23.8 Å². The maximum Gasteiger partial charge on any atom is 0.0589 e. The van der Waals surface area contributed by atoms with Gasteiger partial charge in [0.1, 0.15) is 0 Å². The molecule has 3 unspecified atom stereocenters.